The van der Waals surface area contributed by atoms with Crippen LogP contribution in [0.25, 0.3) is 16.8 Å². The minimum absolute atomic E-state index is 0.108. The van der Waals surface area contributed by atoms with Crippen molar-refractivity contribution in [2.75, 3.05) is 0 Å². The first-order valence-electron chi connectivity index (χ1n) is 10.2. The number of nitrogens with zero attached hydrogens (tertiary/aromatic N) is 2. The minimum atomic E-state index is -0.962. The summed E-state index contributed by atoms with van der Waals surface area (Å²) in [5, 5.41) is 30.1. The molecule has 32 heavy (non-hydrogen) atoms. The molecule has 2 aromatic carbocycles. The van der Waals surface area contributed by atoms with Gasteiger partial charge in [-0.25, -0.2) is 0 Å². The third-order valence-corrected chi connectivity index (χ3v) is 5.13. The fourth-order valence-corrected chi connectivity index (χ4v) is 3.43. The zero-order valence-corrected chi connectivity index (χ0v) is 17.8. The second-order valence-electron chi connectivity index (χ2n) is 7.22. The molecule has 0 spiro atoms. The van der Waals surface area contributed by atoms with E-state index in [1.807, 2.05) is 60.7 Å². The van der Waals surface area contributed by atoms with Crippen molar-refractivity contribution in [1.29, 1.82) is 5.26 Å². The zero-order valence-electron chi connectivity index (χ0n) is 17.8. The highest BCUT2D eigenvalue weighted by Crippen LogP contribution is 2.24. The highest BCUT2D eigenvalue weighted by molar-refractivity contribution is 5.66. The molecule has 1 aromatic heterocycles. The van der Waals surface area contributed by atoms with E-state index in [2.05, 4.69) is 6.58 Å². The number of hydrogen-bond acceptors (Lipinski definition) is 4. The largest absolute Gasteiger partial charge is 0.503 e. The van der Waals surface area contributed by atoms with E-state index < -0.39 is 11.5 Å². The molecule has 1 unspecified atom stereocenters. The van der Waals surface area contributed by atoms with Gasteiger partial charge in [-0.15, -0.1) is 0 Å². The molecule has 5 heteroatoms. The molecule has 3 aromatic rings. The first-order valence-corrected chi connectivity index (χ1v) is 10.2. The summed E-state index contributed by atoms with van der Waals surface area (Å²) in [6, 6.07) is 20.9. The van der Waals surface area contributed by atoms with Crippen molar-refractivity contribution >= 4 is 0 Å². The van der Waals surface area contributed by atoms with Gasteiger partial charge in [-0.2, -0.15) is 5.26 Å². The van der Waals surface area contributed by atoms with Crippen molar-refractivity contribution in [3.8, 4) is 28.6 Å². The first kappa shape index (κ1) is 22.5. The number of hydrogen-bond donors (Lipinski definition) is 2. The summed E-state index contributed by atoms with van der Waals surface area (Å²) < 4.78 is 1.70. The summed E-state index contributed by atoms with van der Waals surface area (Å²) in [5.74, 6) is -0.377. The SMILES string of the molecule is C=C/C(C#N)=C\C(=C/C)C(O)Cc1cc(=O)c(O)cn1-c1cccc(-c2ccccc2)c1. The smallest absolute Gasteiger partial charge is 0.223 e. The van der Waals surface area contributed by atoms with E-state index in [9.17, 15) is 15.0 Å². The molecule has 0 bridgehead atoms. The van der Waals surface area contributed by atoms with E-state index in [4.69, 9.17) is 5.26 Å². The van der Waals surface area contributed by atoms with Gasteiger partial charge in [0.15, 0.2) is 5.75 Å². The minimum Gasteiger partial charge on any atom is -0.503 e. The highest BCUT2D eigenvalue weighted by Gasteiger charge is 2.15. The quantitative estimate of drug-likeness (QED) is 0.425. The molecule has 0 aliphatic heterocycles. The second-order valence-corrected chi connectivity index (χ2v) is 7.22. The van der Waals surface area contributed by atoms with Crippen LogP contribution in [0.3, 0.4) is 0 Å². The summed E-state index contributed by atoms with van der Waals surface area (Å²) in [4.78, 5) is 12.2. The van der Waals surface area contributed by atoms with E-state index in [0.29, 0.717) is 16.8 Å². The maximum Gasteiger partial charge on any atom is 0.223 e. The third-order valence-electron chi connectivity index (χ3n) is 5.13. The summed E-state index contributed by atoms with van der Waals surface area (Å²) >= 11 is 0. The second kappa shape index (κ2) is 10.3. The van der Waals surface area contributed by atoms with Crippen molar-refractivity contribution in [1.82, 2.24) is 4.57 Å². The molecule has 1 heterocycles. The van der Waals surface area contributed by atoms with Gasteiger partial charge in [-0.3, -0.25) is 4.79 Å². The Morgan fingerprint density at radius 3 is 2.53 bits per heavy atom. The monoisotopic (exact) mass is 424 g/mol. The van der Waals surface area contributed by atoms with Crippen molar-refractivity contribution in [3.05, 3.63) is 119 Å². The standard InChI is InChI=1S/C27H24N2O3/c1-3-19(17-28)13-20(4-2)25(30)15-24-16-26(31)27(32)18-29(24)23-12-8-11-22(14-23)21-9-6-5-7-10-21/h3-14,16,18,25,30,32H,1,15H2,2H3/b19-13+,20-4+. The number of aliphatic hydroxyl groups is 1. The van der Waals surface area contributed by atoms with Crippen LogP contribution in [0.1, 0.15) is 12.6 Å². The Kier molecular flexibility index (Phi) is 7.22. The Bertz CT molecular complexity index is 1280. The van der Waals surface area contributed by atoms with Crippen LogP contribution in [-0.2, 0) is 6.42 Å². The molecule has 3 rings (SSSR count). The predicted molar refractivity (Wildman–Crippen MR) is 127 cm³/mol. The van der Waals surface area contributed by atoms with Gasteiger partial charge >= 0.3 is 0 Å². The van der Waals surface area contributed by atoms with Crippen molar-refractivity contribution < 1.29 is 10.2 Å². The van der Waals surface area contributed by atoms with Crippen molar-refractivity contribution in [2.24, 2.45) is 0 Å². The van der Waals surface area contributed by atoms with Crippen LogP contribution < -0.4 is 5.43 Å². The van der Waals surface area contributed by atoms with Gasteiger partial charge in [0.05, 0.1) is 23.9 Å². The first-order chi connectivity index (χ1) is 15.5. The van der Waals surface area contributed by atoms with Crippen LogP contribution in [0.15, 0.2) is 108 Å². The fourth-order valence-electron chi connectivity index (χ4n) is 3.43. The van der Waals surface area contributed by atoms with Crippen molar-refractivity contribution in [3.63, 3.8) is 0 Å². The van der Waals surface area contributed by atoms with E-state index >= 15 is 0 Å². The Morgan fingerprint density at radius 2 is 1.88 bits per heavy atom. The molecule has 0 saturated carbocycles. The van der Waals surface area contributed by atoms with Gasteiger partial charge in [-0.05, 0) is 41.8 Å². The zero-order chi connectivity index (χ0) is 23.1. The van der Waals surface area contributed by atoms with Crippen LogP contribution in [0.5, 0.6) is 5.75 Å². The van der Waals surface area contributed by atoms with E-state index in [1.165, 1.54) is 18.3 Å². The number of benzene rings is 2. The lowest BCUT2D eigenvalue weighted by Crippen LogP contribution is -2.19. The number of aromatic nitrogens is 1. The third kappa shape index (κ3) is 5.12. The molecule has 1 atom stereocenters. The molecule has 0 aliphatic carbocycles. The predicted octanol–water partition coefficient (Wildman–Crippen LogP) is 4.70. The lowest BCUT2D eigenvalue weighted by molar-refractivity contribution is 0.212. The average Bonchev–Trinajstić information content (AvgIpc) is 2.82. The highest BCUT2D eigenvalue weighted by atomic mass is 16.3. The molecule has 0 amide bonds. The molecule has 160 valence electrons. The van der Waals surface area contributed by atoms with Crippen LogP contribution in [-0.4, -0.2) is 20.9 Å². The lowest BCUT2D eigenvalue weighted by atomic mass is 10.0. The molecular formula is C27H24N2O3. The number of aliphatic hydroxyl groups excluding tert-OH is 1. The number of pyridine rings is 1. The fraction of sp³-hybridized carbons (Fsp3) is 0.111. The maximum atomic E-state index is 12.2. The summed E-state index contributed by atoms with van der Waals surface area (Å²) in [5.41, 5.74) is 3.62. The Balaban J connectivity index is 2.04. The van der Waals surface area contributed by atoms with Gasteiger partial charge in [0, 0.05) is 23.9 Å². The topological polar surface area (TPSA) is 86.2 Å². The lowest BCUT2D eigenvalue weighted by Gasteiger charge is -2.18. The molecule has 0 aliphatic rings. The number of aromatic hydroxyl groups is 1. The van der Waals surface area contributed by atoms with Crippen LogP contribution in [0.2, 0.25) is 0 Å². The Labute approximate surface area is 187 Å². The maximum absolute atomic E-state index is 12.2. The van der Waals surface area contributed by atoms with Gasteiger partial charge in [0.25, 0.3) is 0 Å². The van der Waals surface area contributed by atoms with E-state index in [1.54, 1.807) is 23.6 Å². The average molecular weight is 425 g/mol. The summed E-state index contributed by atoms with van der Waals surface area (Å²) in [6.07, 6.45) is 5.21. The molecule has 2 N–H and O–H groups in total. The van der Waals surface area contributed by atoms with E-state index in [-0.39, 0.29) is 12.2 Å². The number of nitriles is 1. The molecule has 0 radical (unpaired) electrons. The molecule has 5 nitrogen and oxygen atoms in total. The van der Waals surface area contributed by atoms with Crippen LogP contribution in [0.4, 0.5) is 0 Å². The summed E-state index contributed by atoms with van der Waals surface area (Å²) in [7, 11) is 0. The molecule has 0 fully saturated rings. The Morgan fingerprint density at radius 1 is 1.16 bits per heavy atom. The van der Waals surface area contributed by atoms with E-state index in [0.717, 1.165) is 16.8 Å². The van der Waals surface area contributed by atoms with Gasteiger partial charge < -0.3 is 14.8 Å². The normalized spacial score (nSPS) is 12.8. The number of rotatable bonds is 7. The van der Waals surface area contributed by atoms with Gasteiger partial charge in [-0.1, -0.05) is 61.2 Å². The molecular weight excluding hydrogens is 400 g/mol. The van der Waals surface area contributed by atoms with Crippen LogP contribution in [0, 0.1) is 11.3 Å². The van der Waals surface area contributed by atoms with Crippen LogP contribution >= 0.6 is 0 Å². The van der Waals surface area contributed by atoms with Gasteiger partial charge in [0.2, 0.25) is 5.43 Å². The summed E-state index contributed by atoms with van der Waals surface area (Å²) in [6.45, 7) is 5.36. The number of allylic oxidation sites excluding steroid dienone is 3. The van der Waals surface area contributed by atoms with Crippen molar-refractivity contribution in [2.45, 2.75) is 19.4 Å². The Hall–Kier alpha value is -4.14. The van der Waals surface area contributed by atoms with Gasteiger partial charge in [0.1, 0.15) is 0 Å². The molecule has 0 saturated heterocycles.